The van der Waals surface area contributed by atoms with Gasteiger partial charge in [0.05, 0.1) is 18.4 Å². The third kappa shape index (κ3) is 3.24. The number of nitrogens with zero attached hydrogens (tertiary/aromatic N) is 2. The van der Waals surface area contributed by atoms with E-state index in [0.717, 1.165) is 5.75 Å². The average Bonchev–Trinajstić information content (AvgIpc) is 2.46. The number of anilines is 2. The zero-order chi connectivity index (χ0) is 15.6. The van der Waals surface area contributed by atoms with Gasteiger partial charge in [-0.25, -0.2) is 18.2 Å². The number of methoxy groups -OCH3 is 1. The number of hydrogen-bond donors (Lipinski definition) is 1. The highest BCUT2D eigenvalue weighted by molar-refractivity contribution is 8.01. The van der Waals surface area contributed by atoms with E-state index in [2.05, 4.69) is 9.72 Å². The van der Waals surface area contributed by atoms with Crippen molar-refractivity contribution in [2.45, 2.75) is 5.37 Å². The number of aromatic nitrogens is 1. The number of nitrogen functional groups attached to an aromatic ring is 1. The molecule has 0 bridgehead atoms. The lowest BCUT2D eigenvalue weighted by Gasteiger charge is -2.35. The molecule has 0 radical (unpaired) electrons. The molecule has 9 heteroatoms. The van der Waals surface area contributed by atoms with Gasteiger partial charge in [-0.05, 0) is 6.07 Å². The molecule has 0 saturated carbocycles. The Labute approximate surface area is 127 Å². The molecule has 7 nitrogen and oxygen atoms in total. The normalized spacial score (nSPS) is 19.3. The average molecular weight is 331 g/mol. The Morgan fingerprint density at radius 2 is 2.29 bits per heavy atom. The Bertz CT molecular complexity index is 648. The molecular formula is C12H17N3O4S2. The van der Waals surface area contributed by atoms with Gasteiger partial charge in [0.2, 0.25) is 0 Å². The van der Waals surface area contributed by atoms with E-state index >= 15 is 0 Å². The second-order valence-electron chi connectivity index (χ2n) is 4.64. The minimum atomic E-state index is -3.29. The zero-order valence-corrected chi connectivity index (χ0v) is 13.4. The topological polar surface area (TPSA) is 103 Å². The summed E-state index contributed by atoms with van der Waals surface area (Å²) in [7, 11) is -2.02. The number of ether oxygens (including phenoxy) is 1. The van der Waals surface area contributed by atoms with Gasteiger partial charge in [-0.3, -0.25) is 0 Å². The van der Waals surface area contributed by atoms with Gasteiger partial charge in [0.25, 0.3) is 0 Å². The summed E-state index contributed by atoms with van der Waals surface area (Å²) in [6, 6.07) is 1.46. The van der Waals surface area contributed by atoms with Crippen LogP contribution < -0.4 is 10.6 Å². The van der Waals surface area contributed by atoms with Crippen LogP contribution in [-0.2, 0) is 14.6 Å². The van der Waals surface area contributed by atoms with Crippen LogP contribution in [0.1, 0.15) is 10.4 Å². The van der Waals surface area contributed by atoms with Crippen molar-refractivity contribution in [2.24, 2.45) is 0 Å². The first kappa shape index (κ1) is 15.9. The number of carbonyl (C=O) groups excluding carboxylic acids is 1. The van der Waals surface area contributed by atoms with Crippen LogP contribution in [-0.4, -0.2) is 56.2 Å². The Morgan fingerprint density at radius 3 is 2.90 bits per heavy atom. The van der Waals surface area contributed by atoms with Crippen LogP contribution in [0.4, 0.5) is 11.5 Å². The quantitative estimate of drug-likeness (QED) is 0.793. The second-order valence-corrected chi connectivity index (χ2v) is 7.99. The van der Waals surface area contributed by atoms with Gasteiger partial charge in [0.15, 0.2) is 15.7 Å². The van der Waals surface area contributed by atoms with Crippen LogP contribution in [0.3, 0.4) is 0 Å². The van der Waals surface area contributed by atoms with Gasteiger partial charge in [-0.2, -0.15) is 11.8 Å². The fraction of sp³-hybridized carbons (Fsp3) is 0.500. The minimum Gasteiger partial charge on any atom is -0.465 e. The van der Waals surface area contributed by atoms with Crippen molar-refractivity contribution in [3.63, 3.8) is 0 Å². The number of esters is 1. The summed E-state index contributed by atoms with van der Waals surface area (Å²) in [4.78, 5) is 17.5. The molecule has 2 N–H and O–H groups in total. The molecule has 116 valence electrons. The van der Waals surface area contributed by atoms with Gasteiger partial charge in [-0.1, -0.05) is 0 Å². The van der Waals surface area contributed by atoms with Crippen molar-refractivity contribution in [1.82, 2.24) is 4.98 Å². The van der Waals surface area contributed by atoms with E-state index in [4.69, 9.17) is 5.73 Å². The molecule has 1 aromatic rings. The molecule has 0 spiro atoms. The Hall–Kier alpha value is -1.48. The summed E-state index contributed by atoms with van der Waals surface area (Å²) in [5, 5.41) is -0.695. The van der Waals surface area contributed by atoms with Gasteiger partial charge >= 0.3 is 5.97 Å². The molecule has 2 heterocycles. The zero-order valence-electron chi connectivity index (χ0n) is 11.8. The predicted octanol–water partition coefficient (Wildman–Crippen LogP) is 0.374. The maximum atomic E-state index is 11.9. The lowest BCUT2D eigenvalue weighted by atomic mass is 10.2. The smallest absolute Gasteiger partial charge is 0.340 e. The van der Waals surface area contributed by atoms with Gasteiger partial charge in [0.1, 0.15) is 5.37 Å². The molecule has 1 fully saturated rings. The van der Waals surface area contributed by atoms with Crippen molar-refractivity contribution in [3.8, 4) is 0 Å². The summed E-state index contributed by atoms with van der Waals surface area (Å²) in [6.45, 7) is 0.504. The van der Waals surface area contributed by atoms with E-state index in [1.54, 1.807) is 16.7 Å². The fourth-order valence-corrected chi connectivity index (χ4v) is 4.98. The Morgan fingerprint density at radius 1 is 1.57 bits per heavy atom. The molecule has 1 aliphatic heterocycles. The second kappa shape index (κ2) is 6.10. The van der Waals surface area contributed by atoms with Gasteiger partial charge in [0, 0.05) is 30.5 Å². The maximum absolute atomic E-state index is 11.9. The SMILES string of the molecule is COC(=O)c1ccnc(N2CCSCC2S(C)(=O)=O)c1N. The lowest BCUT2D eigenvalue weighted by molar-refractivity contribution is 0.0602. The monoisotopic (exact) mass is 331 g/mol. The Balaban J connectivity index is 2.47. The summed E-state index contributed by atoms with van der Waals surface area (Å²) < 4.78 is 28.5. The van der Waals surface area contributed by atoms with Crippen LogP contribution in [0.2, 0.25) is 0 Å². The number of pyridine rings is 1. The number of rotatable bonds is 3. The molecule has 1 saturated heterocycles. The largest absolute Gasteiger partial charge is 0.465 e. The first-order valence-electron chi connectivity index (χ1n) is 6.22. The summed E-state index contributed by atoms with van der Waals surface area (Å²) in [6.07, 6.45) is 2.62. The first-order valence-corrected chi connectivity index (χ1v) is 9.33. The summed E-state index contributed by atoms with van der Waals surface area (Å²) >= 11 is 1.57. The number of sulfone groups is 1. The first-order chi connectivity index (χ1) is 9.86. The van der Waals surface area contributed by atoms with Crippen molar-refractivity contribution < 1.29 is 17.9 Å². The number of carbonyl (C=O) groups is 1. The lowest BCUT2D eigenvalue weighted by Crippen LogP contribution is -2.47. The fourth-order valence-electron chi connectivity index (χ4n) is 2.16. The highest BCUT2D eigenvalue weighted by Crippen LogP contribution is 2.31. The molecule has 0 aliphatic carbocycles. The molecule has 2 rings (SSSR count). The van der Waals surface area contributed by atoms with Crippen LogP contribution in [0.15, 0.2) is 12.3 Å². The molecule has 1 aliphatic rings. The molecule has 21 heavy (non-hydrogen) atoms. The van der Waals surface area contributed by atoms with Crippen molar-refractivity contribution >= 4 is 39.1 Å². The Kier molecular flexibility index (Phi) is 4.62. The molecular weight excluding hydrogens is 314 g/mol. The minimum absolute atomic E-state index is 0.143. The maximum Gasteiger partial charge on any atom is 0.340 e. The van der Waals surface area contributed by atoms with E-state index in [1.807, 2.05) is 0 Å². The van der Waals surface area contributed by atoms with E-state index < -0.39 is 21.2 Å². The van der Waals surface area contributed by atoms with Crippen molar-refractivity contribution in [2.75, 3.05) is 42.0 Å². The van der Waals surface area contributed by atoms with Crippen molar-refractivity contribution in [3.05, 3.63) is 17.8 Å². The standard InChI is InChI=1S/C12H17N3O4S2/c1-19-12(16)8-3-4-14-11(10(8)13)15-5-6-20-7-9(15)21(2,17)18/h3-4,9H,5-7,13H2,1-2H3. The number of hydrogen-bond acceptors (Lipinski definition) is 8. The highest BCUT2D eigenvalue weighted by atomic mass is 32.2. The van der Waals surface area contributed by atoms with Crippen LogP contribution >= 0.6 is 11.8 Å². The van der Waals surface area contributed by atoms with E-state index in [0.29, 0.717) is 18.1 Å². The van der Waals surface area contributed by atoms with Crippen LogP contribution in [0.25, 0.3) is 0 Å². The van der Waals surface area contributed by atoms with Crippen LogP contribution in [0.5, 0.6) is 0 Å². The molecule has 1 unspecified atom stereocenters. The number of thioether (sulfide) groups is 1. The third-order valence-electron chi connectivity index (χ3n) is 3.23. The number of nitrogens with two attached hydrogens (primary N) is 1. The van der Waals surface area contributed by atoms with Crippen molar-refractivity contribution in [1.29, 1.82) is 0 Å². The van der Waals surface area contributed by atoms with E-state index in [1.165, 1.54) is 25.6 Å². The predicted molar refractivity (Wildman–Crippen MR) is 83.3 cm³/mol. The highest BCUT2D eigenvalue weighted by Gasteiger charge is 2.33. The van der Waals surface area contributed by atoms with Crippen LogP contribution in [0, 0.1) is 0 Å². The third-order valence-corrected chi connectivity index (χ3v) is 5.87. The molecule has 1 aromatic heterocycles. The van der Waals surface area contributed by atoms with E-state index in [-0.39, 0.29) is 11.3 Å². The summed E-state index contributed by atoms with van der Waals surface area (Å²) in [5.41, 5.74) is 6.32. The molecule has 0 amide bonds. The summed E-state index contributed by atoms with van der Waals surface area (Å²) in [5.74, 6) is 0.963. The van der Waals surface area contributed by atoms with Gasteiger partial charge in [-0.15, -0.1) is 0 Å². The van der Waals surface area contributed by atoms with Gasteiger partial charge < -0.3 is 15.4 Å². The van der Waals surface area contributed by atoms with E-state index in [9.17, 15) is 13.2 Å². The molecule has 0 aromatic carbocycles. The molecule has 1 atom stereocenters.